The molecule has 1 aliphatic carbocycles. The number of methoxy groups -OCH3 is 1. The van der Waals surface area contributed by atoms with E-state index in [9.17, 15) is 19.1 Å². The van der Waals surface area contributed by atoms with E-state index >= 15 is 0 Å². The van der Waals surface area contributed by atoms with Crippen LogP contribution in [0.15, 0.2) is 24.6 Å². The average Bonchev–Trinajstić information content (AvgIpc) is 3.02. The van der Waals surface area contributed by atoms with Crippen LogP contribution < -0.4 is 0 Å². The summed E-state index contributed by atoms with van der Waals surface area (Å²) in [4.78, 5) is 23.3. The number of allylic oxidation sites excluding steroid dienone is 1. The first-order chi connectivity index (χ1) is 13.3. The molecule has 0 bridgehead atoms. The van der Waals surface area contributed by atoms with Gasteiger partial charge in [-0.05, 0) is 31.6 Å². The van der Waals surface area contributed by atoms with Gasteiger partial charge in [0.05, 0.1) is 7.11 Å². The first-order valence-electron chi connectivity index (χ1n) is 10.7. The van der Waals surface area contributed by atoms with Crippen LogP contribution in [-0.2, 0) is 14.3 Å². The summed E-state index contributed by atoms with van der Waals surface area (Å²) in [6.07, 6.45) is 12.5. The molecule has 0 saturated heterocycles. The van der Waals surface area contributed by atoms with Crippen molar-refractivity contribution in [1.29, 1.82) is 0 Å². The molecule has 0 aromatic heterocycles. The van der Waals surface area contributed by atoms with Gasteiger partial charge in [-0.1, -0.05) is 57.8 Å². The molecule has 1 rings (SSSR count). The number of ether oxygens (including phenoxy) is 1. The van der Waals surface area contributed by atoms with Gasteiger partial charge in [0, 0.05) is 25.2 Å². The molecule has 1 aliphatic rings. The number of rotatable bonds is 14. The lowest BCUT2D eigenvalue weighted by Crippen LogP contribution is -2.28. The Morgan fingerprint density at radius 1 is 1.32 bits per heavy atom. The number of esters is 1. The van der Waals surface area contributed by atoms with Gasteiger partial charge in [-0.2, -0.15) is 0 Å². The molecule has 0 amide bonds. The summed E-state index contributed by atoms with van der Waals surface area (Å²) in [7, 11) is 1.40. The lowest BCUT2D eigenvalue weighted by molar-refractivity contribution is -0.140. The van der Waals surface area contributed by atoms with Gasteiger partial charge >= 0.3 is 5.97 Å². The second-order valence-corrected chi connectivity index (χ2v) is 7.98. The third-order valence-corrected chi connectivity index (χ3v) is 5.82. The zero-order valence-corrected chi connectivity index (χ0v) is 17.6. The van der Waals surface area contributed by atoms with E-state index in [-0.39, 0.29) is 24.2 Å². The minimum atomic E-state index is -1.50. The molecule has 1 N–H and O–H groups in total. The number of unbranched alkanes of at least 4 members (excludes halogenated alkanes) is 4. The van der Waals surface area contributed by atoms with Crippen LogP contribution in [0.4, 0.5) is 4.39 Å². The molecule has 1 saturated carbocycles. The van der Waals surface area contributed by atoms with Crippen LogP contribution in [0.1, 0.15) is 84.0 Å². The Morgan fingerprint density at radius 3 is 2.68 bits per heavy atom. The first kappa shape index (κ1) is 24.5. The van der Waals surface area contributed by atoms with Gasteiger partial charge in [-0.15, -0.1) is 0 Å². The maximum Gasteiger partial charge on any atom is 0.305 e. The molecule has 5 heteroatoms. The zero-order valence-electron chi connectivity index (χ0n) is 17.6. The lowest BCUT2D eigenvalue weighted by atomic mass is 9.87. The molecule has 0 radical (unpaired) electrons. The van der Waals surface area contributed by atoms with Crippen molar-refractivity contribution in [2.75, 3.05) is 7.11 Å². The van der Waals surface area contributed by atoms with Gasteiger partial charge in [0.2, 0.25) is 0 Å². The molecule has 0 aromatic rings. The fraction of sp³-hybridized carbons (Fsp3) is 0.739. The highest BCUT2D eigenvalue weighted by molar-refractivity contribution is 5.83. The number of ketones is 1. The predicted octanol–water partition coefficient (Wildman–Crippen LogP) is 5.45. The van der Waals surface area contributed by atoms with Crippen molar-refractivity contribution in [3.8, 4) is 0 Å². The first-order valence-corrected chi connectivity index (χ1v) is 10.7. The maximum atomic E-state index is 13.7. The number of Topliss-reactive ketones (excluding diaryl/α,β-unsaturated/α-hetero) is 1. The highest BCUT2D eigenvalue weighted by Gasteiger charge is 2.33. The van der Waals surface area contributed by atoms with Crippen LogP contribution >= 0.6 is 0 Å². The van der Waals surface area contributed by atoms with Gasteiger partial charge in [0.15, 0.2) is 0 Å². The summed E-state index contributed by atoms with van der Waals surface area (Å²) in [5.41, 5.74) is -1.50. The van der Waals surface area contributed by atoms with E-state index in [1.807, 2.05) is 19.1 Å². The predicted molar refractivity (Wildman–Crippen MR) is 109 cm³/mol. The molecule has 0 spiro atoms. The Bertz CT molecular complexity index is 543. The fourth-order valence-corrected chi connectivity index (χ4v) is 3.88. The molecule has 0 aromatic carbocycles. The fourth-order valence-electron chi connectivity index (χ4n) is 3.88. The minimum absolute atomic E-state index is 0.0224. The van der Waals surface area contributed by atoms with Crippen LogP contribution in [0.5, 0.6) is 0 Å². The minimum Gasteiger partial charge on any atom is -0.469 e. The van der Waals surface area contributed by atoms with E-state index in [1.165, 1.54) is 7.11 Å². The molecule has 28 heavy (non-hydrogen) atoms. The van der Waals surface area contributed by atoms with Gasteiger partial charge in [-0.25, -0.2) is 4.39 Å². The summed E-state index contributed by atoms with van der Waals surface area (Å²) < 4.78 is 18.3. The maximum absolute atomic E-state index is 13.7. The van der Waals surface area contributed by atoms with E-state index in [1.54, 1.807) is 0 Å². The summed E-state index contributed by atoms with van der Waals surface area (Å²) >= 11 is 0. The van der Waals surface area contributed by atoms with E-state index in [4.69, 9.17) is 0 Å². The van der Waals surface area contributed by atoms with Crippen LogP contribution in [0.3, 0.4) is 0 Å². The van der Waals surface area contributed by atoms with Crippen molar-refractivity contribution >= 4 is 11.8 Å². The Labute approximate surface area is 169 Å². The topological polar surface area (TPSA) is 63.6 Å². The molecule has 3 atom stereocenters. The van der Waals surface area contributed by atoms with Crippen LogP contribution in [0.25, 0.3) is 0 Å². The Morgan fingerprint density at radius 2 is 2.04 bits per heavy atom. The largest absolute Gasteiger partial charge is 0.469 e. The molecule has 1 unspecified atom stereocenters. The normalized spacial score (nSPS) is 21.8. The lowest BCUT2D eigenvalue weighted by Gasteiger charge is -2.25. The van der Waals surface area contributed by atoms with Gasteiger partial charge in [0.25, 0.3) is 0 Å². The summed E-state index contributed by atoms with van der Waals surface area (Å²) in [6, 6.07) is 0. The number of carbonyl (C=O) groups excluding carboxylic acids is 2. The summed E-state index contributed by atoms with van der Waals surface area (Å²) in [6.45, 7) is 5.31. The average molecular weight is 397 g/mol. The SMILES string of the molecule is C=C(F)C(O)(CC=C[C@H]1CCC(=O)[C@@H]1CCCCCCC(=O)OC)CCCC. The van der Waals surface area contributed by atoms with Gasteiger partial charge < -0.3 is 9.84 Å². The third kappa shape index (κ3) is 8.26. The van der Waals surface area contributed by atoms with Gasteiger partial charge in [0.1, 0.15) is 17.2 Å². The van der Waals surface area contributed by atoms with Crippen LogP contribution in [0, 0.1) is 11.8 Å². The highest BCUT2D eigenvalue weighted by Crippen LogP contribution is 2.35. The van der Waals surface area contributed by atoms with Crippen molar-refractivity contribution in [2.45, 2.75) is 89.6 Å². The van der Waals surface area contributed by atoms with Crippen molar-refractivity contribution < 1.29 is 23.8 Å². The second kappa shape index (κ2) is 12.9. The molecule has 4 nitrogen and oxygen atoms in total. The Kier molecular flexibility index (Phi) is 11.3. The second-order valence-electron chi connectivity index (χ2n) is 7.98. The number of halogens is 1. The van der Waals surface area contributed by atoms with Crippen molar-refractivity contribution in [1.82, 2.24) is 0 Å². The number of hydrogen-bond acceptors (Lipinski definition) is 4. The number of carbonyl (C=O) groups is 2. The summed E-state index contributed by atoms with van der Waals surface area (Å²) in [5, 5.41) is 10.5. The van der Waals surface area contributed by atoms with Crippen LogP contribution in [0.2, 0.25) is 0 Å². The Hall–Kier alpha value is -1.49. The molecule has 0 heterocycles. The van der Waals surface area contributed by atoms with Crippen LogP contribution in [-0.4, -0.2) is 29.6 Å². The summed E-state index contributed by atoms with van der Waals surface area (Å²) in [5.74, 6) is -0.358. The molecular formula is C23H37FO4. The molecule has 1 fully saturated rings. The van der Waals surface area contributed by atoms with Crippen molar-refractivity contribution in [3.05, 3.63) is 24.6 Å². The van der Waals surface area contributed by atoms with Gasteiger partial charge in [-0.3, -0.25) is 9.59 Å². The smallest absolute Gasteiger partial charge is 0.305 e. The molecule has 160 valence electrons. The number of aliphatic hydroxyl groups is 1. The number of hydrogen-bond donors (Lipinski definition) is 1. The zero-order chi connectivity index (χ0) is 21.0. The van der Waals surface area contributed by atoms with Crippen molar-refractivity contribution in [3.63, 3.8) is 0 Å². The highest BCUT2D eigenvalue weighted by atomic mass is 19.1. The third-order valence-electron chi connectivity index (χ3n) is 5.82. The quantitative estimate of drug-likeness (QED) is 0.241. The Balaban J connectivity index is 2.44. The monoisotopic (exact) mass is 396 g/mol. The molecular weight excluding hydrogens is 359 g/mol. The van der Waals surface area contributed by atoms with Crippen molar-refractivity contribution in [2.24, 2.45) is 11.8 Å². The standard InChI is InChI=1S/C23H37FO4/c1-4-5-16-23(27,18(2)24)17-10-11-19-14-15-21(25)20(19)12-8-6-7-9-13-22(26)28-3/h10-11,19-20,27H,2,4-9,12-17H2,1,3H3/t19-,20+,23?/m0/s1. The van der Waals surface area contributed by atoms with E-state index in [2.05, 4.69) is 11.3 Å². The molecule has 0 aliphatic heterocycles. The van der Waals surface area contributed by atoms with E-state index in [0.717, 1.165) is 51.4 Å². The van der Waals surface area contributed by atoms with E-state index < -0.39 is 11.4 Å². The van der Waals surface area contributed by atoms with E-state index in [0.29, 0.717) is 25.0 Å².